The normalized spacial score (nSPS) is 11.8. The van der Waals surface area contributed by atoms with E-state index in [-0.39, 0.29) is 12.1 Å². The number of amides is 2. The van der Waals surface area contributed by atoms with Crippen LogP contribution in [0.25, 0.3) is 0 Å². The van der Waals surface area contributed by atoms with Crippen LogP contribution >= 0.6 is 11.6 Å². The second-order valence-electron chi connectivity index (χ2n) is 5.19. The average molecular weight is 334 g/mol. The van der Waals surface area contributed by atoms with Gasteiger partial charge in [0.05, 0.1) is 12.6 Å². The molecular formula is C17H20ClN3O2. The van der Waals surface area contributed by atoms with Crippen molar-refractivity contribution in [2.24, 2.45) is 0 Å². The lowest BCUT2D eigenvalue weighted by Crippen LogP contribution is -2.39. The lowest BCUT2D eigenvalue weighted by molar-refractivity contribution is 0.166. The molecule has 23 heavy (non-hydrogen) atoms. The van der Waals surface area contributed by atoms with Crippen molar-refractivity contribution < 1.29 is 9.53 Å². The zero-order chi connectivity index (χ0) is 16.7. The molecule has 0 fully saturated rings. The van der Waals surface area contributed by atoms with Crippen LogP contribution in [0.15, 0.2) is 42.7 Å². The summed E-state index contributed by atoms with van der Waals surface area (Å²) in [6, 6.07) is 8.73. The number of pyridine rings is 1. The Bertz CT molecular complexity index is 647. The zero-order valence-electron chi connectivity index (χ0n) is 13.2. The van der Waals surface area contributed by atoms with Gasteiger partial charge in [-0.1, -0.05) is 23.7 Å². The quantitative estimate of drug-likeness (QED) is 0.853. The lowest BCUT2D eigenvalue weighted by Gasteiger charge is -2.19. The maximum atomic E-state index is 12.1. The monoisotopic (exact) mass is 333 g/mol. The van der Waals surface area contributed by atoms with Gasteiger partial charge in [-0.2, -0.15) is 0 Å². The number of nitrogens with one attached hydrogen (secondary N) is 2. The van der Waals surface area contributed by atoms with Crippen LogP contribution in [-0.2, 0) is 11.3 Å². The number of benzene rings is 1. The van der Waals surface area contributed by atoms with Gasteiger partial charge < -0.3 is 15.4 Å². The minimum Gasteiger partial charge on any atom is -0.382 e. The van der Waals surface area contributed by atoms with Crippen LogP contribution < -0.4 is 10.6 Å². The molecule has 0 aliphatic heterocycles. The van der Waals surface area contributed by atoms with Crippen molar-refractivity contribution in [2.75, 3.05) is 13.7 Å². The van der Waals surface area contributed by atoms with Gasteiger partial charge in [0, 0.05) is 31.1 Å². The minimum atomic E-state index is -0.252. The first-order valence-corrected chi connectivity index (χ1v) is 7.66. The number of methoxy groups -OCH3 is 1. The third-order valence-electron chi connectivity index (χ3n) is 3.49. The van der Waals surface area contributed by atoms with Gasteiger partial charge in [0.2, 0.25) is 0 Å². The van der Waals surface area contributed by atoms with Crippen LogP contribution in [0, 0.1) is 6.92 Å². The second-order valence-corrected chi connectivity index (χ2v) is 5.63. The molecule has 0 radical (unpaired) electrons. The molecule has 6 heteroatoms. The Balaban J connectivity index is 1.95. The van der Waals surface area contributed by atoms with Gasteiger partial charge in [0.1, 0.15) is 0 Å². The summed E-state index contributed by atoms with van der Waals surface area (Å²) >= 11 is 5.90. The molecule has 1 aromatic heterocycles. The van der Waals surface area contributed by atoms with Crippen molar-refractivity contribution in [3.05, 3.63) is 64.4 Å². The minimum absolute atomic E-state index is 0.240. The molecule has 0 aliphatic carbocycles. The van der Waals surface area contributed by atoms with Crippen molar-refractivity contribution in [1.29, 1.82) is 0 Å². The summed E-state index contributed by atoms with van der Waals surface area (Å²) in [7, 11) is 1.60. The average Bonchev–Trinajstić information content (AvgIpc) is 2.54. The number of halogens is 1. The van der Waals surface area contributed by atoms with Crippen molar-refractivity contribution >= 4 is 17.6 Å². The van der Waals surface area contributed by atoms with E-state index in [0.717, 1.165) is 16.7 Å². The van der Waals surface area contributed by atoms with Gasteiger partial charge in [0.15, 0.2) is 0 Å². The molecule has 1 atom stereocenters. The molecule has 0 saturated carbocycles. The standard InChI is InChI=1S/C17H20ClN3O2/c1-12-9-19-8-7-14(12)10-20-17(22)21-16(11-23-2)13-3-5-15(18)6-4-13/h3-9,16H,10-11H2,1-2H3,(H2,20,21,22)/t16-/m0/s1. The highest BCUT2D eigenvalue weighted by molar-refractivity contribution is 6.30. The van der Waals surface area contributed by atoms with Crippen molar-refractivity contribution in [2.45, 2.75) is 19.5 Å². The molecule has 1 heterocycles. The highest BCUT2D eigenvalue weighted by Gasteiger charge is 2.14. The molecule has 2 amide bonds. The lowest BCUT2D eigenvalue weighted by atomic mass is 10.1. The van der Waals surface area contributed by atoms with Crippen LogP contribution in [0.4, 0.5) is 4.79 Å². The molecule has 2 aromatic rings. The van der Waals surface area contributed by atoms with Crippen LogP contribution in [0.3, 0.4) is 0 Å². The third kappa shape index (κ3) is 5.23. The molecule has 0 saturated heterocycles. The summed E-state index contributed by atoms with van der Waals surface area (Å²) in [5, 5.41) is 6.42. The Morgan fingerprint density at radius 3 is 2.70 bits per heavy atom. The fourth-order valence-electron chi connectivity index (χ4n) is 2.17. The van der Waals surface area contributed by atoms with Crippen molar-refractivity contribution in [3.63, 3.8) is 0 Å². The van der Waals surface area contributed by atoms with E-state index in [0.29, 0.717) is 18.2 Å². The van der Waals surface area contributed by atoms with Gasteiger partial charge in [-0.25, -0.2) is 4.79 Å². The number of carbonyl (C=O) groups is 1. The SMILES string of the molecule is COC[C@H](NC(=O)NCc1ccncc1C)c1ccc(Cl)cc1. The molecule has 0 bridgehead atoms. The van der Waals surface area contributed by atoms with E-state index in [2.05, 4.69) is 15.6 Å². The van der Waals surface area contributed by atoms with Gasteiger partial charge in [-0.05, 0) is 41.8 Å². The van der Waals surface area contributed by atoms with E-state index in [1.54, 1.807) is 31.6 Å². The fourth-order valence-corrected chi connectivity index (χ4v) is 2.29. The maximum absolute atomic E-state index is 12.1. The van der Waals surface area contributed by atoms with Gasteiger partial charge in [-0.15, -0.1) is 0 Å². The van der Waals surface area contributed by atoms with E-state index in [1.807, 2.05) is 25.1 Å². The summed E-state index contributed by atoms with van der Waals surface area (Å²) in [6.45, 7) is 2.78. The molecule has 122 valence electrons. The van der Waals surface area contributed by atoms with Crippen LogP contribution in [0.2, 0.25) is 5.02 Å². The summed E-state index contributed by atoms with van der Waals surface area (Å²) < 4.78 is 5.19. The second kappa shape index (κ2) is 8.50. The first kappa shape index (κ1) is 17.2. The summed E-state index contributed by atoms with van der Waals surface area (Å²) in [6.07, 6.45) is 3.49. The number of ether oxygens (including phenoxy) is 1. The summed E-state index contributed by atoms with van der Waals surface area (Å²) in [5.74, 6) is 0. The van der Waals surface area contributed by atoms with E-state index >= 15 is 0 Å². The number of rotatable bonds is 6. The maximum Gasteiger partial charge on any atom is 0.315 e. The number of urea groups is 1. The summed E-state index contributed by atoms with van der Waals surface area (Å²) in [4.78, 5) is 16.2. The number of nitrogens with zero attached hydrogens (tertiary/aromatic N) is 1. The molecule has 0 unspecified atom stereocenters. The molecule has 0 aliphatic rings. The topological polar surface area (TPSA) is 63.2 Å². The van der Waals surface area contributed by atoms with E-state index < -0.39 is 0 Å². The smallest absolute Gasteiger partial charge is 0.315 e. The zero-order valence-corrected chi connectivity index (χ0v) is 13.9. The first-order chi connectivity index (χ1) is 11.1. The van der Waals surface area contributed by atoms with Crippen LogP contribution in [0.5, 0.6) is 0 Å². The van der Waals surface area contributed by atoms with E-state index in [4.69, 9.17) is 16.3 Å². The number of carbonyl (C=O) groups excluding carboxylic acids is 1. The van der Waals surface area contributed by atoms with Crippen molar-refractivity contribution in [3.8, 4) is 0 Å². The van der Waals surface area contributed by atoms with Crippen molar-refractivity contribution in [1.82, 2.24) is 15.6 Å². The van der Waals surface area contributed by atoms with E-state index in [1.165, 1.54) is 0 Å². The molecule has 0 spiro atoms. The van der Waals surface area contributed by atoms with Crippen LogP contribution in [-0.4, -0.2) is 24.7 Å². The molecule has 1 aromatic carbocycles. The Morgan fingerprint density at radius 2 is 2.04 bits per heavy atom. The van der Waals surface area contributed by atoms with E-state index in [9.17, 15) is 4.79 Å². The Kier molecular flexibility index (Phi) is 6.38. The predicted octanol–water partition coefficient (Wildman–Crippen LogP) is 3.23. The van der Waals surface area contributed by atoms with Gasteiger partial charge >= 0.3 is 6.03 Å². The van der Waals surface area contributed by atoms with Gasteiger partial charge in [0.25, 0.3) is 0 Å². The number of hydrogen-bond acceptors (Lipinski definition) is 3. The molecule has 2 rings (SSSR count). The third-order valence-corrected chi connectivity index (χ3v) is 3.74. The largest absolute Gasteiger partial charge is 0.382 e. The Hall–Kier alpha value is -2.11. The fraction of sp³-hybridized carbons (Fsp3) is 0.294. The Morgan fingerprint density at radius 1 is 1.30 bits per heavy atom. The predicted molar refractivity (Wildman–Crippen MR) is 90.4 cm³/mol. The van der Waals surface area contributed by atoms with Gasteiger partial charge in [-0.3, -0.25) is 4.98 Å². The summed E-state index contributed by atoms with van der Waals surface area (Å²) in [5.41, 5.74) is 3.01. The number of aromatic nitrogens is 1. The Labute approximate surface area is 141 Å². The number of hydrogen-bond donors (Lipinski definition) is 2. The first-order valence-electron chi connectivity index (χ1n) is 7.28. The number of aryl methyl sites for hydroxylation is 1. The van der Waals surface area contributed by atoms with Crippen LogP contribution in [0.1, 0.15) is 22.7 Å². The highest BCUT2D eigenvalue weighted by atomic mass is 35.5. The molecule has 5 nitrogen and oxygen atoms in total. The molecule has 2 N–H and O–H groups in total. The molecular weight excluding hydrogens is 314 g/mol. The highest BCUT2D eigenvalue weighted by Crippen LogP contribution is 2.17.